The van der Waals surface area contributed by atoms with Crippen LogP contribution in [0.5, 0.6) is 0 Å². The summed E-state index contributed by atoms with van der Waals surface area (Å²) in [6.07, 6.45) is 1.76. The summed E-state index contributed by atoms with van der Waals surface area (Å²) in [5.74, 6) is 0.632. The van der Waals surface area contributed by atoms with E-state index in [-0.39, 0.29) is 17.5 Å². The van der Waals surface area contributed by atoms with Crippen molar-refractivity contribution < 1.29 is 4.79 Å². The van der Waals surface area contributed by atoms with Gasteiger partial charge < -0.3 is 4.90 Å². The van der Waals surface area contributed by atoms with E-state index in [9.17, 15) is 9.59 Å². The number of nitrogens with one attached hydrogen (secondary N) is 2. The first-order chi connectivity index (χ1) is 13.0. The van der Waals surface area contributed by atoms with Gasteiger partial charge in [0.1, 0.15) is 5.82 Å². The van der Waals surface area contributed by atoms with Gasteiger partial charge in [0.15, 0.2) is 0 Å². The highest BCUT2D eigenvalue weighted by Crippen LogP contribution is 2.33. The molecule has 9 heteroatoms. The summed E-state index contributed by atoms with van der Waals surface area (Å²) in [6, 6.07) is 9.08. The third kappa shape index (κ3) is 3.95. The molecule has 4 rings (SSSR count). The molecule has 0 saturated carbocycles. The van der Waals surface area contributed by atoms with Crippen LogP contribution >= 0.6 is 34.5 Å². The van der Waals surface area contributed by atoms with Crippen LogP contribution in [-0.4, -0.2) is 39.1 Å². The van der Waals surface area contributed by atoms with Crippen molar-refractivity contribution in [1.29, 1.82) is 0 Å². The molecule has 140 valence electrons. The van der Waals surface area contributed by atoms with Crippen molar-refractivity contribution in [3.05, 3.63) is 61.6 Å². The summed E-state index contributed by atoms with van der Waals surface area (Å²) in [5, 5.41) is 7.52. The van der Waals surface area contributed by atoms with Crippen LogP contribution in [0.2, 0.25) is 10.0 Å². The van der Waals surface area contributed by atoms with Gasteiger partial charge in [0.2, 0.25) is 0 Å². The van der Waals surface area contributed by atoms with Crippen molar-refractivity contribution in [2.75, 3.05) is 13.1 Å². The minimum Gasteiger partial charge on any atom is -0.337 e. The summed E-state index contributed by atoms with van der Waals surface area (Å²) in [5.41, 5.74) is 0.568. The smallest absolute Gasteiger partial charge is 0.337 e. The number of aromatic nitrogens is 3. The maximum Gasteiger partial charge on any atom is 0.340 e. The zero-order valence-electron chi connectivity index (χ0n) is 14.2. The van der Waals surface area contributed by atoms with Gasteiger partial charge in [-0.05, 0) is 48.7 Å². The molecule has 3 heterocycles. The third-order valence-corrected chi connectivity index (χ3v) is 6.14. The topological polar surface area (TPSA) is 81.8 Å². The van der Waals surface area contributed by atoms with E-state index < -0.39 is 0 Å². The van der Waals surface area contributed by atoms with Gasteiger partial charge in [0.05, 0.1) is 4.88 Å². The SMILES string of the molecule is O=C(c1ccc(-c2cc(Cl)cc(Cl)c2)s1)N1CCCC(c2n[nH]c(=O)[nH]2)C1. The molecule has 1 aliphatic rings. The number of aromatic amines is 2. The lowest BCUT2D eigenvalue weighted by atomic mass is 9.97. The molecule has 1 fully saturated rings. The van der Waals surface area contributed by atoms with Crippen molar-refractivity contribution in [1.82, 2.24) is 20.1 Å². The highest BCUT2D eigenvalue weighted by Gasteiger charge is 2.28. The molecule has 3 aromatic rings. The predicted molar refractivity (Wildman–Crippen MR) is 107 cm³/mol. The Morgan fingerprint density at radius 1 is 1.22 bits per heavy atom. The van der Waals surface area contributed by atoms with Crippen molar-refractivity contribution in [2.24, 2.45) is 0 Å². The van der Waals surface area contributed by atoms with Crippen LogP contribution in [0.25, 0.3) is 10.4 Å². The van der Waals surface area contributed by atoms with Crippen LogP contribution in [0.4, 0.5) is 0 Å². The van der Waals surface area contributed by atoms with Crippen molar-refractivity contribution in [2.45, 2.75) is 18.8 Å². The first-order valence-corrected chi connectivity index (χ1v) is 10.1. The number of rotatable bonds is 3. The van der Waals surface area contributed by atoms with Crippen molar-refractivity contribution in [3.8, 4) is 10.4 Å². The van der Waals surface area contributed by atoms with Gasteiger partial charge >= 0.3 is 5.69 Å². The van der Waals surface area contributed by atoms with Crippen LogP contribution in [0.3, 0.4) is 0 Å². The maximum absolute atomic E-state index is 12.9. The van der Waals surface area contributed by atoms with E-state index in [0.29, 0.717) is 33.8 Å². The first kappa shape index (κ1) is 18.3. The molecule has 1 aromatic carbocycles. The third-order valence-electron chi connectivity index (χ3n) is 4.58. The van der Waals surface area contributed by atoms with Gasteiger partial charge in [-0.3, -0.25) is 9.78 Å². The fourth-order valence-electron chi connectivity index (χ4n) is 3.32. The lowest BCUT2D eigenvalue weighted by Crippen LogP contribution is -2.39. The number of amides is 1. The van der Waals surface area contributed by atoms with E-state index in [1.54, 1.807) is 6.07 Å². The molecule has 1 saturated heterocycles. The van der Waals surface area contributed by atoms with Gasteiger partial charge in [-0.1, -0.05) is 23.2 Å². The lowest BCUT2D eigenvalue weighted by Gasteiger charge is -2.31. The lowest BCUT2D eigenvalue weighted by molar-refractivity contribution is 0.0709. The highest BCUT2D eigenvalue weighted by atomic mass is 35.5. The van der Waals surface area contributed by atoms with Crippen LogP contribution < -0.4 is 5.69 Å². The molecule has 0 aliphatic carbocycles. The summed E-state index contributed by atoms with van der Waals surface area (Å²) in [6.45, 7) is 1.23. The average Bonchev–Trinajstić information content (AvgIpc) is 3.30. The standard InChI is InChI=1S/C18H16Cl2N4O2S/c19-12-6-11(7-13(20)8-12)14-3-4-15(27-14)17(25)24-5-1-2-10(9-24)16-21-18(26)23-22-16/h3-4,6-8,10H,1-2,5,9H2,(H2,21,22,23,26). The van der Waals surface area contributed by atoms with E-state index in [1.807, 2.05) is 29.2 Å². The molecule has 27 heavy (non-hydrogen) atoms. The maximum atomic E-state index is 12.9. The fourth-order valence-corrected chi connectivity index (χ4v) is 4.81. The Balaban J connectivity index is 1.52. The number of hydrogen-bond acceptors (Lipinski definition) is 4. The zero-order valence-corrected chi connectivity index (χ0v) is 16.5. The number of piperidine rings is 1. The van der Waals surface area contributed by atoms with Gasteiger partial charge in [0.25, 0.3) is 5.91 Å². The van der Waals surface area contributed by atoms with E-state index in [2.05, 4.69) is 15.2 Å². The number of H-pyrrole nitrogens is 2. The molecule has 1 aliphatic heterocycles. The Kier molecular flexibility index (Phi) is 5.08. The zero-order chi connectivity index (χ0) is 19.0. The predicted octanol–water partition coefficient (Wildman–Crippen LogP) is 4.15. The van der Waals surface area contributed by atoms with E-state index >= 15 is 0 Å². The first-order valence-electron chi connectivity index (χ1n) is 8.50. The second-order valence-electron chi connectivity index (χ2n) is 6.48. The molecule has 0 spiro atoms. The number of nitrogens with zero attached hydrogens (tertiary/aromatic N) is 2. The Morgan fingerprint density at radius 2 is 2.00 bits per heavy atom. The van der Waals surface area contributed by atoms with Gasteiger partial charge in [-0.2, -0.15) is 5.10 Å². The Morgan fingerprint density at radius 3 is 2.70 bits per heavy atom. The van der Waals surface area contributed by atoms with Gasteiger partial charge in [0, 0.05) is 33.9 Å². The van der Waals surface area contributed by atoms with Crippen LogP contribution in [0, 0.1) is 0 Å². The normalized spacial score (nSPS) is 17.3. The molecule has 2 N–H and O–H groups in total. The van der Waals surface area contributed by atoms with Crippen LogP contribution in [0.1, 0.15) is 34.3 Å². The Bertz CT molecular complexity index is 1020. The molecule has 6 nitrogen and oxygen atoms in total. The minimum atomic E-state index is -0.323. The molecule has 1 atom stereocenters. The average molecular weight is 423 g/mol. The highest BCUT2D eigenvalue weighted by molar-refractivity contribution is 7.17. The number of hydrogen-bond donors (Lipinski definition) is 2. The molecular weight excluding hydrogens is 407 g/mol. The van der Waals surface area contributed by atoms with E-state index in [1.165, 1.54) is 11.3 Å². The molecule has 0 radical (unpaired) electrons. The van der Waals surface area contributed by atoms with Crippen molar-refractivity contribution >= 4 is 40.4 Å². The van der Waals surface area contributed by atoms with Crippen LogP contribution in [0.15, 0.2) is 35.1 Å². The number of halogens is 2. The summed E-state index contributed by atoms with van der Waals surface area (Å²) in [7, 11) is 0. The summed E-state index contributed by atoms with van der Waals surface area (Å²) >= 11 is 13.6. The van der Waals surface area contributed by atoms with Gasteiger partial charge in [-0.25, -0.2) is 9.89 Å². The number of carbonyl (C=O) groups is 1. The van der Waals surface area contributed by atoms with Gasteiger partial charge in [-0.15, -0.1) is 11.3 Å². The molecular formula is C18H16Cl2N4O2S. The largest absolute Gasteiger partial charge is 0.340 e. The van der Waals surface area contributed by atoms with E-state index in [0.717, 1.165) is 23.3 Å². The second kappa shape index (κ2) is 7.50. The minimum absolute atomic E-state index is 0.0121. The molecule has 0 bridgehead atoms. The summed E-state index contributed by atoms with van der Waals surface area (Å²) in [4.78, 5) is 30.4. The monoisotopic (exact) mass is 422 g/mol. The van der Waals surface area contributed by atoms with Crippen molar-refractivity contribution in [3.63, 3.8) is 0 Å². The fraction of sp³-hybridized carbons (Fsp3) is 0.278. The number of thiophene rings is 1. The number of carbonyl (C=O) groups excluding carboxylic acids is 1. The second-order valence-corrected chi connectivity index (χ2v) is 8.43. The molecule has 2 aromatic heterocycles. The van der Waals surface area contributed by atoms with Crippen LogP contribution in [-0.2, 0) is 0 Å². The summed E-state index contributed by atoms with van der Waals surface area (Å²) < 4.78 is 0. The van der Waals surface area contributed by atoms with E-state index in [4.69, 9.17) is 23.2 Å². The molecule has 1 amide bonds. The number of likely N-dealkylation sites (tertiary alicyclic amines) is 1. The number of benzene rings is 1. The Hall–Kier alpha value is -2.09. The molecule has 1 unspecified atom stereocenters. The quantitative estimate of drug-likeness (QED) is 0.664. The Labute approximate surface area is 169 Å².